The van der Waals surface area contributed by atoms with Crippen molar-refractivity contribution in [2.75, 3.05) is 26.7 Å². The molecule has 1 heterocycles. The van der Waals surface area contributed by atoms with Gasteiger partial charge in [-0.3, -0.25) is 4.79 Å². The minimum atomic E-state index is 0. The number of amides is 1. The maximum absolute atomic E-state index is 12.4. The van der Waals surface area contributed by atoms with Crippen LogP contribution in [0.5, 0.6) is 5.75 Å². The van der Waals surface area contributed by atoms with Gasteiger partial charge in [0.05, 0.1) is 12.7 Å². The second kappa shape index (κ2) is 6.61. The topological polar surface area (TPSA) is 41.6 Å². The molecule has 1 unspecified atom stereocenters. The number of ether oxygens (including phenoxy) is 1. The lowest BCUT2D eigenvalue weighted by Crippen LogP contribution is -2.52. The fourth-order valence-corrected chi connectivity index (χ4v) is 2.12. The maximum Gasteiger partial charge on any atom is 0.257 e. The van der Waals surface area contributed by atoms with E-state index >= 15 is 0 Å². The van der Waals surface area contributed by atoms with E-state index in [1.54, 1.807) is 7.11 Å². The number of piperazine rings is 1. The Kier molecular flexibility index (Phi) is 5.44. The van der Waals surface area contributed by atoms with Gasteiger partial charge in [-0.2, -0.15) is 0 Å². The third kappa shape index (κ3) is 2.94. The quantitative estimate of drug-likeness (QED) is 0.887. The van der Waals surface area contributed by atoms with Gasteiger partial charge >= 0.3 is 0 Å². The molecule has 1 aliphatic heterocycles. The lowest BCUT2D eigenvalue weighted by Gasteiger charge is -2.34. The van der Waals surface area contributed by atoms with E-state index in [9.17, 15) is 4.79 Å². The van der Waals surface area contributed by atoms with Crippen LogP contribution < -0.4 is 10.1 Å². The molecule has 1 atom stereocenters. The standard InChI is InChI=1S/C13H18N2O2.ClH/c1-10-9-14-7-8-15(10)13(16)11-5-3-4-6-12(11)17-2;/h3-6,10,14H,7-9H2,1-2H3;1H. The summed E-state index contributed by atoms with van der Waals surface area (Å²) in [5.41, 5.74) is 0.642. The van der Waals surface area contributed by atoms with E-state index in [0.717, 1.165) is 19.6 Å². The summed E-state index contributed by atoms with van der Waals surface area (Å²) in [7, 11) is 1.59. The molecule has 0 aromatic heterocycles. The largest absolute Gasteiger partial charge is 0.496 e. The molecule has 0 spiro atoms. The fourth-order valence-electron chi connectivity index (χ4n) is 2.12. The predicted molar refractivity (Wildman–Crippen MR) is 73.6 cm³/mol. The van der Waals surface area contributed by atoms with Crippen LogP contribution in [0.4, 0.5) is 0 Å². The van der Waals surface area contributed by atoms with Crippen LogP contribution in [0.25, 0.3) is 0 Å². The average molecular weight is 271 g/mol. The van der Waals surface area contributed by atoms with Crippen molar-refractivity contribution in [1.82, 2.24) is 10.2 Å². The number of methoxy groups -OCH3 is 1. The van der Waals surface area contributed by atoms with E-state index in [4.69, 9.17) is 4.74 Å². The van der Waals surface area contributed by atoms with E-state index in [-0.39, 0.29) is 24.4 Å². The first-order chi connectivity index (χ1) is 8.24. The van der Waals surface area contributed by atoms with E-state index < -0.39 is 0 Å². The normalized spacial score (nSPS) is 19.0. The van der Waals surface area contributed by atoms with Gasteiger partial charge in [-0.1, -0.05) is 12.1 Å². The molecule has 5 heteroatoms. The fraction of sp³-hybridized carbons (Fsp3) is 0.462. The molecule has 2 rings (SSSR count). The molecule has 4 nitrogen and oxygen atoms in total. The van der Waals surface area contributed by atoms with Crippen LogP contribution in [0.3, 0.4) is 0 Å². The zero-order chi connectivity index (χ0) is 12.3. The van der Waals surface area contributed by atoms with Gasteiger partial charge in [-0.25, -0.2) is 0 Å². The van der Waals surface area contributed by atoms with Crippen LogP contribution >= 0.6 is 12.4 Å². The summed E-state index contributed by atoms with van der Waals surface area (Å²) in [6, 6.07) is 7.59. The molecule has 0 saturated carbocycles. The maximum atomic E-state index is 12.4. The number of carbonyl (C=O) groups excluding carboxylic acids is 1. The highest BCUT2D eigenvalue weighted by atomic mass is 35.5. The van der Waals surface area contributed by atoms with Crippen molar-refractivity contribution in [3.63, 3.8) is 0 Å². The van der Waals surface area contributed by atoms with Crippen molar-refractivity contribution >= 4 is 18.3 Å². The summed E-state index contributed by atoms with van der Waals surface area (Å²) in [6.45, 7) is 4.50. The van der Waals surface area contributed by atoms with Crippen molar-refractivity contribution in [3.8, 4) is 5.75 Å². The first-order valence-corrected chi connectivity index (χ1v) is 5.88. The Labute approximate surface area is 114 Å². The van der Waals surface area contributed by atoms with Gasteiger partial charge in [0.25, 0.3) is 5.91 Å². The number of hydrogen-bond acceptors (Lipinski definition) is 3. The molecule has 1 aromatic rings. The number of hydrogen-bond donors (Lipinski definition) is 1. The Morgan fingerprint density at radius 2 is 2.17 bits per heavy atom. The molecule has 1 saturated heterocycles. The second-order valence-corrected chi connectivity index (χ2v) is 4.25. The highest BCUT2D eigenvalue weighted by Gasteiger charge is 2.25. The van der Waals surface area contributed by atoms with Crippen molar-refractivity contribution in [3.05, 3.63) is 29.8 Å². The molecule has 100 valence electrons. The molecular formula is C13H19ClN2O2. The van der Waals surface area contributed by atoms with Crippen molar-refractivity contribution in [2.24, 2.45) is 0 Å². The van der Waals surface area contributed by atoms with Gasteiger partial charge in [0.15, 0.2) is 0 Å². The van der Waals surface area contributed by atoms with E-state index in [1.807, 2.05) is 29.2 Å². The molecule has 0 radical (unpaired) electrons. The third-order valence-corrected chi connectivity index (χ3v) is 3.10. The molecule has 1 aromatic carbocycles. The lowest BCUT2D eigenvalue weighted by molar-refractivity contribution is 0.0652. The van der Waals surface area contributed by atoms with Gasteiger partial charge in [0.2, 0.25) is 0 Å². The Morgan fingerprint density at radius 3 is 2.83 bits per heavy atom. The molecule has 0 aliphatic carbocycles. The molecule has 1 N–H and O–H groups in total. The van der Waals surface area contributed by atoms with E-state index in [2.05, 4.69) is 12.2 Å². The SMILES string of the molecule is COc1ccccc1C(=O)N1CCNCC1C.Cl. The van der Waals surface area contributed by atoms with Gasteiger partial charge < -0.3 is 15.0 Å². The summed E-state index contributed by atoms with van der Waals surface area (Å²) >= 11 is 0. The van der Waals surface area contributed by atoms with Gasteiger partial charge in [0.1, 0.15) is 5.75 Å². The van der Waals surface area contributed by atoms with Gasteiger partial charge in [-0.15, -0.1) is 12.4 Å². The van der Waals surface area contributed by atoms with Crippen LogP contribution in [0.15, 0.2) is 24.3 Å². The summed E-state index contributed by atoms with van der Waals surface area (Å²) in [5.74, 6) is 0.694. The third-order valence-electron chi connectivity index (χ3n) is 3.10. The molecule has 0 bridgehead atoms. The molecule has 18 heavy (non-hydrogen) atoms. The Morgan fingerprint density at radius 1 is 1.44 bits per heavy atom. The van der Waals surface area contributed by atoms with Crippen molar-refractivity contribution < 1.29 is 9.53 Å². The number of nitrogens with one attached hydrogen (secondary N) is 1. The summed E-state index contributed by atoms with van der Waals surface area (Å²) in [5, 5.41) is 3.27. The first-order valence-electron chi connectivity index (χ1n) is 5.88. The minimum absolute atomic E-state index is 0. The van der Waals surface area contributed by atoms with Crippen LogP contribution in [-0.4, -0.2) is 43.6 Å². The van der Waals surface area contributed by atoms with Crippen molar-refractivity contribution in [1.29, 1.82) is 0 Å². The Hall–Kier alpha value is -1.26. The Balaban J connectivity index is 0.00000162. The summed E-state index contributed by atoms with van der Waals surface area (Å²) < 4.78 is 5.23. The second-order valence-electron chi connectivity index (χ2n) is 4.25. The lowest BCUT2D eigenvalue weighted by atomic mass is 10.1. The van der Waals surface area contributed by atoms with Crippen LogP contribution in [0, 0.1) is 0 Å². The summed E-state index contributed by atoms with van der Waals surface area (Å²) in [6.07, 6.45) is 0. The smallest absolute Gasteiger partial charge is 0.257 e. The molecule has 1 amide bonds. The van der Waals surface area contributed by atoms with Gasteiger partial charge in [0, 0.05) is 25.7 Å². The van der Waals surface area contributed by atoms with Crippen LogP contribution in [-0.2, 0) is 0 Å². The number of nitrogens with zero attached hydrogens (tertiary/aromatic N) is 1. The number of carbonyl (C=O) groups is 1. The van der Waals surface area contributed by atoms with E-state index in [1.165, 1.54) is 0 Å². The predicted octanol–water partition coefficient (Wildman–Crippen LogP) is 1.55. The zero-order valence-corrected chi connectivity index (χ0v) is 11.5. The summed E-state index contributed by atoms with van der Waals surface area (Å²) in [4.78, 5) is 14.3. The number of benzene rings is 1. The van der Waals surface area contributed by atoms with Crippen LogP contribution in [0.1, 0.15) is 17.3 Å². The highest BCUT2D eigenvalue weighted by molar-refractivity contribution is 5.97. The van der Waals surface area contributed by atoms with E-state index in [0.29, 0.717) is 11.3 Å². The van der Waals surface area contributed by atoms with Crippen LogP contribution in [0.2, 0.25) is 0 Å². The van der Waals surface area contributed by atoms with Gasteiger partial charge in [-0.05, 0) is 19.1 Å². The highest BCUT2D eigenvalue weighted by Crippen LogP contribution is 2.20. The first kappa shape index (κ1) is 14.8. The molecule has 1 aliphatic rings. The average Bonchev–Trinajstić information content (AvgIpc) is 2.38. The number of halogens is 1. The Bertz CT molecular complexity index is 412. The molecule has 1 fully saturated rings. The number of rotatable bonds is 2. The van der Waals surface area contributed by atoms with Crippen molar-refractivity contribution in [2.45, 2.75) is 13.0 Å². The molecular weight excluding hydrogens is 252 g/mol. The monoisotopic (exact) mass is 270 g/mol. The minimum Gasteiger partial charge on any atom is -0.496 e. The zero-order valence-electron chi connectivity index (χ0n) is 10.7. The number of para-hydroxylation sites is 1.